The first-order chi connectivity index (χ1) is 23.2. The van der Waals surface area contributed by atoms with E-state index in [4.69, 9.17) is 14.8 Å². The lowest BCUT2D eigenvalue weighted by Crippen LogP contribution is -2.63. The van der Waals surface area contributed by atoms with E-state index in [1.807, 2.05) is 51.7 Å². The van der Waals surface area contributed by atoms with Gasteiger partial charge in [-0.3, -0.25) is 19.2 Å². The number of amides is 2. The Bertz CT molecular complexity index is 1900. The molecule has 48 heavy (non-hydrogen) atoms. The lowest BCUT2D eigenvalue weighted by molar-refractivity contribution is -0.171. The molecular weight excluding hydrogens is 604 g/mol. The Morgan fingerprint density at radius 3 is 2.54 bits per heavy atom. The predicted molar refractivity (Wildman–Crippen MR) is 186 cm³/mol. The number of nitrogens with one attached hydrogen (secondary N) is 2. The van der Waals surface area contributed by atoms with Crippen molar-refractivity contribution >= 4 is 34.2 Å². The standard InChI is InChI=1S/C37H44N8O3/c1-38-33-30-16-39-31(42-34(46)23-9-10-23)13-28(30)29(15-40-33)27-8-5-7-26(32(27)48-4)24-14-41-45(17-24)25-18-44(19-25)22-36-11-6-12-37(20-36,21-36)35(47)43(2)3/h5,7-8,13-17,23,25H,6,9-12,18-22H2,1-4H3,(H,38,40)(H,39,42,46). The molecule has 4 heterocycles. The Morgan fingerprint density at radius 2 is 1.81 bits per heavy atom. The molecule has 2 bridgehead atoms. The van der Waals surface area contributed by atoms with Gasteiger partial charge >= 0.3 is 0 Å². The number of methoxy groups -OCH3 is 1. The summed E-state index contributed by atoms with van der Waals surface area (Å²) in [6, 6.07) is 8.39. The fourth-order valence-corrected chi connectivity index (χ4v) is 8.84. The van der Waals surface area contributed by atoms with Gasteiger partial charge in [0.25, 0.3) is 0 Å². The third kappa shape index (κ3) is 5.19. The van der Waals surface area contributed by atoms with Gasteiger partial charge in [0.1, 0.15) is 17.4 Å². The Morgan fingerprint density at radius 1 is 1.02 bits per heavy atom. The molecule has 0 atom stereocenters. The molecule has 2 N–H and O–H groups in total. The lowest BCUT2D eigenvalue weighted by Gasteiger charge is -2.62. The SMILES string of the molecule is CNc1ncc(-c2cccc(-c3cnn(C4CN(CC56CCCC(C(=O)N(C)C)(C5)C6)C4)c3)c2OC)c2cc(NC(=O)C3CC3)ncc12. The Labute approximate surface area is 281 Å². The number of hydrogen-bond donors (Lipinski definition) is 2. The van der Waals surface area contributed by atoms with E-state index in [9.17, 15) is 9.59 Å². The average Bonchev–Trinajstić information content (AvgIpc) is 3.82. The average molecular weight is 649 g/mol. The van der Waals surface area contributed by atoms with Crippen LogP contribution in [0.25, 0.3) is 33.0 Å². The number of rotatable bonds is 10. The molecule has 9 rings (SSSR count). The number of para-hydroxylation sites is 1. The highest BCUT2D eigenvalue weighted by Crippen LogP contribution is 2.64. The highest BCUT2D eigenvalue weighted by molar-refractivity contribution is 6.05. The fourth-order valence-electron chi connectivity index (χ4n) is 8.84. The number of fused-ring (bicyclic) bond motifs is 3. The maximum absolute atomic E-state index is 12.9. The molecule has 0 radical (unpaired) electrons. The summed E-state index contributed by atoms with van der Waals surface area (Å²) in [4.78, 5) is 39.0. The zero-order chi connectivity index (χ0) is 33.2. The van der Waals surface area contributed by atoms with Crippen LogP contribution >= 0.6 is 0 Å². The second-order valence-electron chi connectivity index (χ2n) is 14.8. The summed E-state index contributed by atoms with van der Waals surface area (Å²) in [5.41, 5.74) is 3.92. The number of carbonyl (C=O) groups is 2. The van der Waals surface area contributed by atoms with Crippen LogP contribution in [-0.2, 0) is 9.59 Å². The van der Waals surface area contributed by atoms with Gasteiger partial charge in [-0.25, -0.2) is 9.97 Å². The molecule has 2 amide bonds. The molecule has 4 aliphatic carbocycles. The second-order valence-corrected chi connectivity index (χ2v) is 14.8. The van der Waals surface area contributed by atoms with Crippen molar-refractivity contribution in [2.24, 2.45) is 16.7 Å². The van der Waals surface area contributed by atoms with Crippen LogP contribution in [-0.4, -0.2) is 89.2 Å². The van der Waals surface area contributed by atoms with Crippen molar-refractivity contribution in [3.63, 3.8) is 0 Å². The summed E-state index contributed by atoms with van der Waals surface area (Å²) in [6.45, 7) is 3.02. The van der Waals surface area contributed by atoms with Gasteiger partial charge in [-0.1, -0.05) is 24.6 Å². The van der Waals surface area contributed by atoms with E-state index in [1.165, 1.54) is 6.42 Å². The van der Waals surface area contributed by atoms with Crippen LogP contribution in [0.5, 0.6) is 5.75 Å². The Balaban J connectivity index is 1.01. The van der Waals surface area contributed by atoms with Crippen LogP contribution in [0.4, 0.5) is 11.6 Å². The minimum Gasteiger partial charge on any atom is -0.495 e. The molecule has 250 valence electrons. The number of benzene rings is 1. The molecule has 11 heteroatoms. The summed E-state index contributed by atoms with van der Waals surface area (Å²) >= 11 is 0. The van der Waals surface area contributed by atoms with Gasteiger partial charge in [0, 0.05) is 98.3 Å². The predicted octanol–water partition coefficient (Wildman–Crippen LogP) is 5.45. The molecule has 5 fully saturated rings. The minimum atomic E-state index is -0.112. The van der Waals surface area contributed by atoms with Crippen molar-refractivity contribution in [3.8, 4) is 28.0 Å². The number of hydrogen-bond acceptors (Lipinski definition) is 8. The molecular formula is C37H44N8O3. The smallest absolute Gasteiger partial charge is 0.228 e. The monoisotopic (exact) mass is 648 g/mol. The van der Waals surface area contributed by atoms with Crippen LogP contribution in [0.2, 0.25) is 0 Å². The van der Waals surface area contributed by atoms with E-state index in [-0.39, 0.29) is 17.2 Å². The molecule has 1 aliphatic heterocycles. The first kappa shape index (κ1) is 30.8. The van der Waals surface area contributed by atoms with Crippen LogP contribution < -0.4 is 15.4 Å². The normalized spacial score (nSPS) is 23.7. The summed E-state index contributed by atoms with van der Waals surface area (Å²) in [6.07, 6.45) is 15.0. The van der Waals surface area contributed by atoms with Crippen molar-refractivity contribution in [2.75, 3.05) is 58.5 Å². The van der Waals surface area contributed by atoms with E-state index in [0.717, 1.165) is 96.9 Å². The molecule has 5 aliphatic rings. The van der Waals surface area contributed by atoms with Crippen LogP contribution in [0, 0.1) is 16.7 Å². The van der Waals surface area contributed by atoms with E-state index < -0.39 is 0 Å². The molecule has 0 spiro atoms. The zero-order valence-electron chi connectivity index (χ0n) is 28.3. The zero-order valence-corrected chi connectivity index (χ0v) is 28.3. The lowest BCUT2D eigenvalue weighted by atomic mass is 9.45. The summed E-state index contributed by atoms with van der Waals surface area (Å²) in [5, 5.41) is 12.7. The Hall–Kier alpha value is -4.51. The molecule has 1 saturated heterocycles. The summed E-state index contributed by atoms with van der Waals surface area (Å²) in [5.74, 6) is 2.41. The highest BCUT2D eigenvalue weighted by Gasteiger charge is 2.61. The minimum absolute atomic E-state index is 0.0210. The van der Waals surface area contributed by atoms with Gasteiger partial charge in [0.15, 0.2) is 0 Å². The molecule has 11 nitrogen and oxygen atoms in total. The van der Waals surface area contributed by atoms with E-state index >= 15 is 0 Å². The second kappa shape index (κ2) is 11.6. The van der Waals surface area contributed by atoms with E-state index in [2.05, 4.69) is 37.5 Å². The van der Waals surface area contributed by atoms with E-state index in [1.54, 1.807) is 18.2 Å². The van der Waals surface area contributed by atoms with Gasteiger partial charge < -0.3 is 20.3 Å². The van der Waals surface area contributed by atoms with Gasteiger partial charge in [0.05, 0.1) is 24.8 Å². The number of anilines is 2. The molecule has 4 saturated carbocycles. The summed E-state index contributed by atoms with van der Waals surface area (Å²) < 4.78 is 8.18. The van der Waals surface area contributed by atoms with Crippen molar-refractivity contribution in [3.05, 3.63) is 49.1 Å². The van der Waals surface area contributed by atoms with Crippen LogP contribution in [0.1, 0.15) is 51.0 Å². The summed E-state index contributed by atoms with van der Waals surface area (Å²) in [7, 11) is 7.32. The molecule has 3 aromatic heterocycles. The van der Waals surface area contributed by atoms with Crippen molar-refractivity contribution in [2.45, 2.75) is 51.0 Å². The first-order valence-electron chi connectivity index (χ1n) is 17.1. The maximum atomic E-state index is 12.9. The highest BCUT2D eigenvalue weighted by atomic mass is 16.5. The first-order valence-corrected chi connectivity index (χ1v) is 17.1. The number of pyridine rings is 2. The quantitative estimate of drug-likeness (QED) is 0.233. The Kier molecular flexibility index (Phi) is 7.43. The third-order valence-corrected chi connectivity index (χ3v) is 11.2. The largest absolute Gasteiger partial charge is 0.495 e. The molecule has 4 aromatic rings. The maximum Gasteiger partial charge on any atom is 0.228 e. The van der Waals surface area contributed by atoms with Gasteiger partial charge in [0.2, 0.25) is 11.8 Å². The number of carbonyl (C=O) groups excluding carboxylic acids is 2. The van der Waals surface area contributed by atoms with Crippen molar-refractivity contribution in [1.29, 1.82) is 0 Å². The van der Waals surface area contributed by atoms with Crippen LogP contribution in [0.15, 0.2) is 49.1 Å². The topological polar surface area (TPSA) is 118 Å². The van der Waals surface area contributed by atoms with Crippen molar-refractivity contribution in [1.82, 2.24) is 29.5 Å². The number of likely N-dealkylation sites (tertiary alicyclic amines) is 1. The van der Waals surface area contributed by atoms with Gasteiger partial charge in [-0.15, -0.1) is 0 Å². The third-order valence-electron chi connectivity index (χ3n) is 11.2. The molecule has 0 unspecified atom stereocenters. The van der Waals surface area contributed by atoms with E-state index in [0.29, 0.717) is 29.0 Å². The van der Waals surface area contributed by atoms with Gasteiger partial charge in [-0.05, 0) is 50.0 Å². The number of nitrogens with zero attached hydrogens (tertiary/aromatic N) is 6. The fraction of sp³-hybridized carbons (Fsp3) is 0.486. The number of ether oxygens (including phenoxy) is 1. The van der Waals surface area contributed by atoms with Gasteiger partial charge in [-0.2, -0.15) is 5.10 Å². The molecule has 1 aromatic carbocycles. The van der Waals surface area contributed by atoms with Crippen molar-refractivity contribution < 1.29 is 14.3 Å². The van der Waals surface area contributed by atoms with Crippen LogP contribution in [0.3, 0.4) is 0 Å². The number of aromatic nitrogens is 4.